The third-order valence-corrected chi connectivity index (χ3v) is 2.68. The van der Waals surface area contributed by atoms with Crippen LogP contribution < -0.4 is 10.6 Å². The van der Waals surface area contributed by atoms with Crippen LogP contribution in [0.2, 0.25) is 0 Å². The number of hydrogen-bond acceptors (Lipinski definition) is 5. The van der Waals surface area contributed by atoms with E-state index in [0.717, 1.165) is 6.42 Å². The van der Waals surface area contributed by atoms with Gasteiger partial charge in [0.1, 0.15) is 10.7 Å². The lowest BCUT2D eigenvalue weighted by atomic mass is 10.2. The van der Waals surface area contributed by atoms with Gasteiger partial charge in [0, 0.05) is 19.0 Å². The number of hydrogen-bond donors (Lipinski definition) is 2. The van der Waals surface area contributed by atoms with Crippen molar-refractivity contribution in [1.29, 1.82) is 0 Å². The Morgan fingerprint density at radius 2 is 2.26 bits per heavy atom. The zero-order valence-corrected chi connectivity index (χ0v) is 11.1. The Morgan fingerprint density at radius 1 is 1.53 bits per heavy atom. The zero-order chi connectivity index (χ0) is 14.3. The molecule has 0 radical (unpaired) electrons. The quantitative estimate of drug-likeness (QED) is 0.424. The average molecular weight is 269 g/mol. The topological polar surface area (TPSA) is 97.4 Å². The van der Waals surface area contributed by atoms with Gasteiger partial charge in [-0.2, -0.15) is 0 Å². The molecule has 1 aromatic heterocycles. The summed E-state index contributed by atoms with van der Waals surface area (Å²) in [6.07, 6.45) is 1.27. The molecule has 1 rings (SSSR count). The summed E-state index contributed by atoms with van der Waals surface area (Å²) in [4.78, 5) is 21.3. The first-order valence-electron chi connectivity index (χ1n) is 6.26. The van der Waals surface area contributed by atoms with E-state index in [0.29, 0.717) is 25.3 Å². The second-order valence-electron chi connectivity index (χ2n) is 4.30. The molecule has 1 aromatic rings. The number of furan rings is 1. The molecule has 0 aromatic carbocycles. The molecule has 0 aliphatic carbocycles. The fourth-order valence-electron chi connectivity index (χ4n) is 1.42. The third-order valence-electron chi connectivity index (χ3n) is 2.68. The van der Waals surface area contributed by atoms with Crippen LogP contribution in [0, 0.1) is 10.1 Å². The van der Waals surface area contributed by atoms with Gasteiger partial charge in [0.15, 0.2) is 0 Å². The SMILES string of the molecule is CCC(C)NC(=O)CCNCc1ccc([N+](=O)[O-])o1. The summed E-state index contributed by atoms with van der Waals surface area (Å²) in [5.74, 6) is 0.202. The van der Waals surface area contributed by atoms with E-state index in [1.54, 1.807) is 6.07 Å². The molecule has 7 nitrogen and oxygen atoms in total. The molecule has 0 aliphatic heterocycles. The number of nitrogens with zero attached hydrogens (tertiary/aromatic N) is 1. The predicted molar refractivity (Wildman–Crippen MR) is 69.6 cm³/mol. The number of carbonyl (C=O) groups excluding carboxylic acids is 1. The molecule has 106 valence electrons. The molecule has 1 unspecified atom stereocenters. The Labute approximate surface area is 111 Å². The van der Waals surface area contributed by atoms with E-state index in [2.05, 4.69) is 10.6 Å². The minimum absolute atomic E-state index is 0.00715. The van der Waals surface area contributed by atoms with E-state index in [1.807, 2.05) is 13.8 Å². The van der Waals surface area contributed by atoms with Crippen LogP contribution in [0.5, 0.6) is 0 Å². The summed E-state index contributed by atoms with van der Waals surface area (Å²) in [7, 11) is 0. The van der Waals surface area contributed by atoms with Crippen LogP contribution in [-0.2, 0) is 11.3 Å². The van der Waals surface area contributed by atoms with Crippen LogP contribution in [-0.4, -0.2) is 23.4 Å². The first kappa shape index (κ1) is 15.2. The van der Waals surface area contributed by atoms with E-state index in [-0.39, 0.29) is 17.8 Å². The molecule has 0 aliphatic rings. The summed E-state index contributed by atoms with van der Waals surface area (Å²) < 4.78 is 4.97. The average Bonchev–Trinajstić information content (AvgIpc) is 2.83. The molecule has 0 fully saturated rings. The van der Waals surface area contributed by atoms with Crippen LogP contribution >= 0.6 is 0 Å². The third kappa shape index (κ3) is 5.52. The predicted octanol–water partition coefficient (Wildman–Crippen LogP) is 1.58. The standard InChI is InChI=1S/C12H19N3O4/c1-3-9(2)14-11(16)6-7-13-8-10-4-5-12(19-10)15(17)18/h4-5,9,13H,3,6-8H2,1-2H3,(H,14,16). The Bertz CT molecular complexity index is 430. The van der Waals surface area contributed by atoms with Gasteiger partial charge in [-0.25, -0.2) is 0 Å². The lowest BCUT2D eigenvalue weighted by Gasteiger charge is -2.11. The van der Waals surface area contributed by atoms with Crippen LogP contribution in [0.25, 0.3) is 0 Å². The molecule has 0 saturated heterocycles. The molecule has 0 spiro atoms. The van der Waals surface area contributed by atoms with E-state index in [4.69, 9.17) is 4.42 Å². The smallest absolute Gasteiger partial charge is 0.404 e. The Morgan fingerprint density at radius 3 is 2.84 bits per heavy atom. The van der Waals surface area contributed by atoms with Gasteiger partial charge in [0.25, 0.3) is 0 Å². The maximum Gasteiger partial charge on any atom is 0.433 e. The van der Waals surface area contributed by atoms with Gasteiger partial charge in [0.05, 0.1) is 12.6 Å². The van der Waals surface area contributed by atoms with Gasteiger partial charge in [-0.1, -0.05) is 6.92 Å². The first-order valence-corrected chi connectivity index (χ1v) is 6.26. The number of nitrogens with one attached hydrogen (secondary N) is 2. The number of amides is 1. The second kappa shape index (κ2) is 7.52. The summed E-state index contributed by atoms with van der Waals surface area (Å²) in [5, 5.41) is 16.3. The molecule has 1 heterocycles. The van der Waals surface area contributed by atoms with Crippen LogP contribution in [0.3, 0.4) is 0 Å². The van der Waals surface area contributed by atoms with Crippen LogP contribution in [0.1, 0.15) is 32.4 Å². The lowest BCUT2D eigenvalue weighted by Crippen LogP contribution is -2.33. The van der Waals surface area contributed by atoms with Crippen molar-refractivity contribution < 1.29 is 14.1 Å². The summed E-state index contributed by atoms with van der Waals surface area (Å²) in [5.41, 5.74) is 0. The number of rotatable bonds is 8. The van der Waals surface area contributed by atoms with Gasteiger partial charge < -0.3 is 15.1 Å². The second-order valence-corrected chi connectivity index (χ2v) is 4.30. The summed E-state index contributed by atoms with van der Waals surface area (Å²) >= 11 is 0. The highest BCUT2D eigenvalue weighted by atomic mass is 16.6. The van der Waals surface area contributed by atoms with Crippen molar-refractivity contribution in [2.24, 2.45) is 0 Å². The van der Waals surface area contributed by atoms with Gasteiger partial charge in [0.2, 0.25) is 5.91 Å². The molecule has 2 N–H and O–H groups in total. The molecule has 19 heavy (non-hydrogen) atoms. The van der Waals surface area contributed by atoms with E-state index in [1.165, 1.54) is 6.07 Å². The molecule has 1 amide bonds. The monoisotopic (exact) mass is 269 g/mol. The molecule has 0 saturated carbocycles. The fraction of sp³-hybridized carbons (Fsp3) is 0.583. The number of nitro groups is 1. The highest BCUT2D eigenvalue weighted by Gasteiger charge is 2.11. The highest BCUT2D eigenvalue weighted by Crippen LogP contribution is 2.14. The van der Waals surface area contributed by atoms with E-state index >= 15 is 0 Å². The van der Waals surface area contributed by atoms with Crippen LogP contribution in [0.4, 0.5) is 5.88 Å². The van der Waals surface area contributed by atoms with Crippen molar-refractivity contribution in [2.75, 3.05) is 6.54 Å². The minimum Gasteiger partial charge on any atom is -0.404 e. The molecule has 7 heteroatoms. The zero-order valence-electron chi connectivity index (χ0n) is 11.1. The van der Waals surface area contributed by atoms with E-state index < -0.39 is 4.92 Å². The van der Waals surface area contributed by atoms with Crippen LogP contribution in [0.15, 0.2) is 16.5 Å². The van der Waals surface area contributed by atoms with Crippen molar-refractivity contribution in [3.8, 4) is 0 Å². The first-order chi connectivity index (χ1) is 9.02. The van der Waals surface area contributed by atoms with Gasteiger partial charge in [-0.3, -0.25) is 14.9 Å². The van der Waals surface area contributed by atoms with Gasteiger partial charge in [-0.15, -0.1) is 0 Å². The maximum absolute atomic E-state index is 11.5. The minimum atomic E-state index is -0.580. The lowest BCUT2D eigenvalue weighted by molar-refractivity contribution is -0.402. The summed E-state index contributed by atoms with van der Waals surface area (Å²) in [6.45, 7) is 4.82. The normalized spacial score (nSPS) is 12.1. The molecule has 1 atom stereocenters. The Kier molecular flexibility index (Phi) is 6.01. The van der Waals surface area contributed by atoms with Gasteiger partial charge >= 0.3 is 5.88 Å². The Hall–Kier alpha value is -1.89. The molecular formula is C12H19N3O4. The van der Waals surface area contributed by atoms with Crippen molar-refractivity contribution in [1.82, 2.24) is 10.6 Å². The van der Waals surface area contributed by atoms with Crippen molar-refractivity contribution >= 4 is 11.8 Å². The molecular weight excluding hydrogens is 250 g/mol. The highest BCUT2D eigenvalue weighted by molar-refractivity contribution is 5.76. The fourth-order valence-corrected chi connectivity index (χ4v) is 1.42. The van der Waals surface area contributed by atoms with Crippen molar-refractivity contribution in [3.63, 3.8) is 0 Å². The van der Waals surface area contributed by atoms with Crippen molar-refractivity contribution in [3.05, 3.63) is 28.0 Å². The summed E-state index contributed by atoms with van der Waals surface area (Å²) in [6, 6.07) is 3.04. The molecule has 0 bridgehead atoms. The largest absolute Gasteiger partial charge is 0.433 e. The van der Waals surface area contributed by atoms with Crippen molar-refractivity contribution in [2.45, 2.75) is 39.3 Å². The van der Waals surface area contributed by atoms with Gasteiger partial charge in [-0.05, 0) is 19.4 Å². The maximum atomic E-state index is 11.5. The Balaban J connectivity index is 2.19. The van der Waals surface area contributed by atoms with E-state index in [9.17, 15) is 14.9 Å². The number of carbonyl (C=O) groups is 1.